The van der Waals surface area contributed by atoms with Crippen LogP contribution in [0, 0.1) is 0 Å². The number of carbonyl (C=O) groups is 1. The van der Waals surface area contributed by atoms with Gasteiger partial charge in [0.2, 0.25) is 0 Å². The van der Waals surface area contributed by atoms with Gasteiger partial charge in [-0.15, -0.1) is 0 Å². The van der Waals surface area contributed by atoms with E-state index in [-0.39, 0.29) is 17.5 Å². The Kier molecular flexibility index (Phi) is 3.74. The number of nitrogens with two attached hydrogens (primary N) is 1. The highest BCUT2D eigenvalue weighted by atomic mass is 16.3. The minimum atomic E-state index is -0.532. The van der Waals surface area contributed by atoms with E-state index in [2.05, 4.69) is 10.3 Å². The highest BCUT2D eigenvalue weighted by molar-refractivity contribution is 5.94. The van der Waals surface area contributed by atoms with Crippen LogP contribution >= 0.6 is 0 Å². The third kappa shape index (κ3) is 3.17. The number of hydrogen-bond acceptors (Lipinski definition) is 4. The number of rotatable bonds is 3. The third-order valence-corrected chi connectivity index (χ3v) is 2.88. The van der Waals surface area contributed by atoms with E-state index in [1.54, 1.807) is 12.1 Å². The van der Waals surface area contributed by atoms with E-state index in [9.17, 15) is 14.7 Å². The molecule has 0 aliphatic rings. The second kappa shape index (κ2) is 5.48. The molecule has 1 unspecified atom stereocenters. The number of H-pyrrole nitrogens is 1. The van der Waals surface area contributed by atoms with Crippen molar-refractivity contribution in [3.8, 4) is 5.88 Å². The van der Waals surface area contributed by atoms with Gasteiger partial charge in [-0.1, -0.05) is 12.1 Å². The zero-order valence-corrected chi connectivity index (χ0v) is 10.9. The zero-order valence-electron chi connectivity index (χ0n) is 10.9. The molecule has 0 spiro atoms. The van der Waals surface area contributed by atoms with Crippen molar-refractivity contribution in [2.24, 2.45) is 0 Å². The lowest BCUT2D eigenvalue weighted by atomic mass is 10.1. The number of anilines is 1. The maximum atomic E-state index is 12.0. The normalized spacial score (nSPS) is 11.8. The Morgan fingerprint density at radius 3 is 2.55 bits per heavy atom. The van der Waals surface area contributed by atoms with Crippen molar-refractivity contribution in [2.75, 3.05) is 5.73 Å². The van der Waals surface area contributed by atoms with Gasteiger partial charge in [-0.05, 0) is 24.6 Å². The molecule has 0 fully saturated rings. The van der Waals surface area contributed by atoms with Crippen molar-refractivity contribution in [1.29, 1.82) is 0 Å². The van der Waals surface area contributed by atoms with Crippen LogP contribution in [-0.4, -0.2) is 16.0 Å². The molecule has 0 aliphatic carbocycles. The molecule has 1 aromatic carbocycles. The fourth-order valence-electron chi connectivity index (χ4n) is 1.81. The predicted molar refractivity (Wildman–Crippen MR) is 75.5 cm³/mol. The van der Waals surface area contributed by atoms with Gasteiger partial charge in [-0.3, -0.25) is 14.6 Å². The van der Waals surface area contributed by atoms with E-state index in [0.717, 1.165) is 11.6 Å². The molecule has 1 amide bonds. The summed E-state index contributed by atoms with van der Waals surface area (Å²) in [6, 6.07) is 9.21. The molecule has 1 heterocycles. The molecule has 104 valence electrons. The average Bonchev–Trinajstić information content (AvgIpc) is 2.38. The lowest BCUT2D eigenvalue weighted by Gasteiger charge is -2.14. The van der Waals surface area contributed by atoms with Crippen LogP contribution in [0.15, 0.2) is 41.2 Å². The van der Waals surface area contributed by atoms with Gasteiger partial charge in [-0.2, -0.15) is 0 Å². The van der Waals surface area contributed by atoms with Crippen molar-refractivity contribution in [1.82, 2.24) is 10.3 Å². The van der Waals surface area contributed by atoms with Gasteiger partial charge < -0.3 is 16.2 Å². The average molecular weight is 273 g/mol. The molecular formula is C14H15N3O3. The van der Waals surface area contributed by atoms with Gasteiger partial charge in [0.05, 0.1) is 11.6 Å². The minimum Gasteiger partial charge on any atom is -0.494 e. The summed E-state index contributed by atoms with van der Waals surface area (Å²) in [5.41, 5.74) is 6.71. The first kappa shape index (κ1) is 13.7. The molecule has 6 heteroatoms. The van der Waals surface area contributed by atoms with Crippen LogP contribution in [0.3, 0.4) is 0 Å². The van der Waals surface area contributed by atoms with Gasteiger partial charge in [0, 0.05) is 17.8 Å². The summed E-state index contributed by atoms with van der Waals surface area (Å²) in [5.74, 6) is -0.779. The van der Waals surface area contributed by atoms with E-state index in [4.69, 9.17) is 5.73 Å². The summed E-state index contributed by atoms with van der Waals surface area (Å²) >= 11 is 0. The van der Waals surface area contributed by atoms with E-state index in [1.165, 1.54) is 6.07 Å². The van der Waals surface area contributed by atoms with Crippen molar-refractivity contribution >= 4 is 11.6 Å². The first-order valence-electron chi connectivity index (χ1n) is 6.05. The second-order valence-corrected chi connectivity index (χ2v) is 4.48. The smallest absolute Gasteiger partial charge is 0.252 e. The molecule has 0 saturated carbocycles. The Balaban J connectivity index is 2.14. The van der Waals surface area contributed by atoms with E-state index in [0.29, 0.717) is 5.69 Å². The van der Waals surface area contributed by atoms with Crippen molar-refractivity contribution in [2.45, 2.75) is 13.0 Å². The SMILES string of the molecule is CC(NC(=O)c1cc(O)[nH]c(=O)c1)c1ccc(N)cc1. The Morgan fingerprint density at radius 2 is 1.95 bits per heavy atom. The van der Waals surface area contributed by atoms with E-state index >= 15 is 0 Å². The lowest BCUT2D eigenvalue weighted by molar-refractivity contribution is 0.0939. The van der Waals surface area contributed by atoms with E-state index in [1.807, 2.05) is 19.1 Å². The third-order valence-electron chi connectivity index (χ3n) is 2.88. The molecule has 1 atom stereocenters. The van der Waals surface area contributed by atoms with E-state index < -0.39 is 11.5 Å². The first-order chi connectivity index (χ1) is 9.45. The quantitative estimate of drug-likeness (QED) is 0.629. The molecule has 5 N–H and O–H groups in total. The van der Waals surface area contributed by atoms with Crippen LogP contribution in [-0.2, 0) is 0 Å². The Bertz CT molecular complexity index is 677. The standard InChI is InChI=1S/C14H15N3O3/c1-8(9-2-4-11(15)5-3-9)16-14(20)10-6-12(18)17-13(19)7-10/h2-8H,15H2,1H3,(H,16,20)(H2,17,18,19). The van der Waals surface area contributed by atoms with Crippen LogP contribution in [0.5, 0.6) is 5.88 Å². The molecule has 0 aliphatic heterocycles. The summed E-state index contributed by atoms with van der Waals surface area (Å²) in [7, 11) is 0. The van der Waals surface area contributed by atoms with Crippen molar-refractivity contribution in [3.05, 3.63) is 57.9 Å². The van der Waals surface area contributed by atoms with Gasteiger partial charge in [0.15, 0.2) is 5.88 Å². The number of nitrogen functional groups attached to an aromatic ring is 1. The molecule has 0 radical (unpaired) electrons. The number of pyridine rings is 1. The van der Waals surface area contributed by atoms with Crippen molar-refractivity contribution in [3.63, 3.8) is 0 Å². The first-order valence-corrected chi connectivity index (χ1v) is 6.05. The van der Waals surface area contributed by atoms with Crippen LogP contribution in [0.4, 0.5) is 5.69 Å². The van der Waals surface area contributed by atoms with Crippen LogP contribution in [0.1, 0.15) is 28.9 Å². The van der Waals surface area contributed by atoms with Gasteiger partial charge in [0.1, 0.15) is 0 Å². The van der Waals surface area contributed by atoms with Crippen LogP contribution in [0.25, 0.3) is 0 Å². The number of nitrogens with one attached hydrogen (secondary N) is 2. The molecule has 6 nitrogen and oxygen atoms in total. The summed E-state index contributed by atoms with van der Waals surface area (Å²) in [4.78, 5) is 25.4. The van der Waals surface area contributed by atoms with Crippen LogP contribution < -0.4 is 16.6 Å². The van der Waals surface area contributed by atoms with Crippen molar-refractivity contribution < 1.29 is 9.90 Å². The maximum Gasteiger partial charge on any atom is 0.252 e. The van der Waals surface area contributed by atoms with Gasteiger partial charge in [-0.25, -0.2) is 0 Å². The molecule has 1 aromatic heterocycles. The summed E-state index contributed by atoms with van der Waals surface area (Å²) in [6.07, 6.45) is 0. The number of aromatic amines is 1. The summed E-state index contributed by atoms with van der Waals surface area (Å²) in [5, 5.41) is 12.0. The number of aromatic nitrogens is 1. The van der Waals surface area contributed by atoms with Gasteiger partial charge in [0.25, 0.3) is 11.5 Å². The molecule has 20 heavy (non-hydrogen) atoms. The number of carbonyl (C=O) groups excluding carboxylic acids is 1. The molecule has 2 rings (SSSR count). The number of aromatic hydroxyl groups is 1. The second-order valence-electron chi connectivity index (χ2n) is 4.48. The monoisotopic (exact) mass is 273 g/mol. The summed E-state index contributed by atoms with van der Waals surface area (Å²) in [6.45, 7) is 1.82. The predicted octanol–water partition coefficient (Wildman–Crippen LogP) is 1.15. The topological polar surface area (TPSA) is 108 Å². The van der Waals surface area contributed by atoms with Gasteiger partial charge >= 0.3 is 0 Å². The number of benzene rings is 1. The fourth-order valence-corrected chi connectivity index (χ4v) is 1.81. The van der Waals surface area contributed by atoms with Crippen LogP contribution in [0.2, 0.25) is 0 Å². The molecule has 2 aromatic rings. The molecule has 0 saturated heterocycles. The lowest BCUT2D eigenvalue weighted by Crippen LogP contribution is -2.27. The Morgan fingerprint density at radius 1 is 1.30 bits per heavy atom. The maximum absolute atomic E-state index is 12.0. The number of hydrogen-bond donors (Lipinski definition) is 4. The zero-order chi connectivity index (χ0) is 14.7. The largest absolute Gasteiger partial charge is 0.494 e. The number of amides is 1. The molecular weight excluding hydrogens is 258 g/mol. The fraction of sp³-hybridized carbons (Fsp3) is 0.143. The summed E-state index contributed by atoms with van der Waals surface area (Å²) < 4.78 is 0. The molecule has 0 bridgehead atoms. The Hall–Kier alpha value is -2.76. The highest BCUT2D eigenvalue weighted by Crippen LogP contribution is 2.15. The Labute approximate surface area is 115 Å². The highest BCUT2D eigenvalue weighted by Gasteiger charge is 2.12. The minimum absolute atomic E-state index is 0.105.